The quantitative estimate of drug-likeness (QED) is 0.674. The van der Waals surface area contributed by atoms with Crippen LogP contribution >= 0.6 is 11.6 Å². The highest BCUT2D eigenvalue weighted by Crippen LogP contribution is 2.22. The number of amides is 1. The zero-order valence-electron chi connectivity index (χ0n) is 11.2. The molecule has 0 radical (unpaired) electrons. The molecule has 0 aliphatic rings. The molecule has 0 fully saturated rings. The predicted octanol–water partition coefficient (Wildman–Crippen LogP) is 0.645. The van der Waals surface area contributed by atoms with E-state index in [1.54, 1.807) is 13.0 Å². The molecule has 0 aliphatic heterocycles. The number of carboxylic acids is 1. The predicted molar refractivity (Wildman–Crippen MR) is 76.4 cm³/mol. The number of nitrogens with two attached hydrogens (primary N) is 1. The molecular formula is C12H15ClN2O5S. The molecule has 0 saturated carbocycles. The van der Waals surface area contributed by atoms with Crippen LogP contribution in [0.25, 0.3) is 0 Å². The third kappa shape index (κ3) is 5.00. The molecule has 0 spiro atoms. The van der Waals surface area contributed by atoms with Gasteiger partial charge in [-0.2, -0.15) is 4.72 Å². The van der Waals surface area contributed by atoms with Crippen molar-refractivity contribution in [3.63, 3.8) is 0 Å². The van der Waals surface area contributed by atoms with Gasteiger partial charge in [-0.25, -0.2) is 8.42 Å². The lowest BCUT2D eigenvalue weighted by molar-refractivity contribution is -0.139. The lowest BCUT2D eigenvalue weighted by Gasteiger charge is -2.15. The highest BCUT2D eigenvalue weighted by atomic mass is 35.5. The van der Waals surface area contributed by atoms with E-state index < -0.39 is 27.9 Å². The molecule has 0 unspecified atom stereocenters. The first-order valence-electron chi connectivity index (χ1n) is 5.93. The number of nitrogens with one attached hydrogen (secondary N) is 1. The summed E-state index contributed by atoms with van der Waals surface area (Å²) in [6.45, 7) is 1.74. The van der Waals surface area contributed by atoms with E-state index >= 15 is 0 Å². The molecule has 0 heterocycles. The van der Waals surface area contributed by atoms with Gasteiger partial charge in [0, 0.05) is 6.42 Å². The summed E-state index contributed by atoms with van der Waals surface area (Å²) in [6.07, 6.45) is -0.492. The summed E-state index contributed by atoms with van der Waals surface area (Å²) in [5, 5.41) is 8.99. The van der Waals surface area contributed by atoms with Crippen molar-refractivity contribution in [1.82, 2.24) is 4.72 Å². The normalized spacial score (nSPS) is 12.9. The maximum Gasteiger partial charge on any atom is 0.321 e. The number of hydrogen-bond acceptors (Lipinski definition) is 4. The number of hydrogen-bond donors (Lipinski definition) is 3. The van der Waals surface area contributed by atoms with Gasteiger partial charge < -0.3 is 10.8 Å². The lowest BCUT2D eigenvalue weighted by Crippen LogP contribution is -2.41. The lowest BCUT2D eigenvalue weighted by atomic mass is 10.2. The molecule has 1 rings (SSSR count). The smallest absolute Gasteiger partial charge is 0.321 e. The summed E-state index contributed by atoms with van der Waals surface area (Å²) in [5.74, 6) is -2.11. The second-order valence-electron chi connectivity index (χ2n) is 4.45. The molecule has 0 aromatic heterocycles. The second kappa shape index (κ2) is 6.88. The van der Waals surface area contributed by atoms with Gasteiger partial charge in [0.1, 0.15) is 10.9 Å². The first-order chi connectivity index (χ1) is 9.63. The van der Waals surface area contributed by atoms with Crippen LogP contribution in [0.2, 0.25) is 5.02 Å². The number of benzene rings is 1. The number of primary amides is 1. The van der Waals surface area contributed by atoms with Crippen molar-refractivity contribution in [2.24, 2.45) is 5.73 Å². The van der Waals surface area contributed by atoms with E-state index in [2.05, 4.69) is 0 Å². The van der Waals surface area contributed by atoms with E-state index in [1.165, 1.54) is 12.1 Å². The molecule has 1 aromatic rings. The minimum Gasteiger partial charge on any atom is -0.480 e. The van der Waals surface area contributed by atoms with Crippen molar-refractivity contribution in [2.45, 2.75) is 30.7 Å². The average Bonchev–Trinajstić information content (AvgIpc) is 2.33. The Morgan fingerprint density at radius 2 is 2.05 bits per heavy atom. The molecule has 9 heteroatoms. The van der Waals surface area contributed by atoms with E-state index in [-0.39, 0.29) is 22.8 Å². The Balaban J connectivity index is 3.00. The molecule has 116 valence electrons. The molecule has 1 aromatic carbocycles. The van der Waals surface area contributed by atoms with Gasteiger partial charge in [0.15, 0.2) is 0 Å². The number of rotatable bonds is 7. The monoisotopic (exact) mass is 334 g/mol. The van der Waals surface area contributed by atoms with Crippen LogP contribution in [0.5, 0.6) is 0 Å². The molecule has 1 atom stereocenters. The van der Waals surface area contributed by atoms with Crippen LogP contribution in [0.3, 0.4) is 0 Å². The van der Waals surface area contributed by atoms with Crippen molar-refractivity contribution in [3.8, 4) is 0 Å². The zero-order chi connectivity index (χ0) is 16.2. The second-order valence-corrected chi connectivity index (χ2v) is 6.54. The fourth-order valence-corrected chi connectivity index (χ4v) is 3.42. The summed E-state index contributed by atoms with van der Waals surface area (Å²) in [6, 6.07) is 2.82. The van der Waals surface area contributed by atoms with Crippen LogP contribution in [0.1, 0.15) is 18.4 Å². The molecule has 4 N–H and O–H groups in total. The van der Waals surface area contributed by atoms with Crippen molar-refractivity contribution < 1.29 is 23.1 Å². The molecule has 0 aliphatic carbocycles. The minimum atomic E-state index is -4.11. The van der Waals surface area contributed by atoms with Gasteiger partial charge in [-0.1, -0.05) is 17.7 Å². The Kier molecular flexibility index (Phi) is 5.70. The third-order valence-electron chi connectivity index (χ3n) is 2.65. The largest absolute Gasteiger partial charge is 0.480 e. The van der Waals surface area contributed by atoms with Gasteiger partial charge in [-0.3, -0.25) is 9.59 Å². The van der Waals surface area contributed by atoms with Gasteiger partial charge in [0.25, 0.3) is 0 Å². The van der Waals surface area contributed by atoms with Crippen LogP contribution in [0.4, 0.5) is 0 Å². The summed E-state index contributed by atoms with van der Waals surface area (Å²) in [4.78, 5) is 21.5. The van der Waals surface area contributed by atoms with E-state index in [4.69, 9.17) is 22.4 Å². The molecule has 1 amide bonds. The number of halogens is 1. The Hall–Kier alpha value is -1.64. The van der Waals surface area contributed by atoms with Gasteiger partial charge in [-0.05, 0) is 31.0 Å². The number of carbonyl (C=O) groups excluding carboxylic acids is 1. The van der Waals surface area contributed by atoms with E-state index in [0.29, 0.717) is 0 Å². The Morgan fingerprint density at radius 3 is 2.52 bits per heavy atom. The van der Waals surface area contributed by atoms with Crippen molar-refractivity contribution in [1.29, 1.82) is 0 Å². The van der Waals surface area contributed by atoms with Crippen LogP contribution in [-0.4, -0.2) is 31.4 Å². The molecule has 7 nitrogen and oxygen atoms in total. The number of aliphatic carboxylic acids is 1. The van der Waals surface area contributed by atoms with Crippen molar-refractivity contribution >= 4 is 33.5 Å². The number of carboxylic acid groups (broad SMARTS) is 1. The van der Waals surface area contributed by atoms with E-state index in [0.717, 1.165) is 5.56 Å². The van der Waals surface area contributed by atoms with Gasteiger partial charge in [0.05, 0.1) is 5.02 Å². The Bertz CT molecular complexity index is 660. The standard InChI is InChI=1S/C12H15ClN2O5S/c1-7-2-4-10(8(13)6-7)21(19,20)15-9(12(17)18)3-5-11(14)16/h2,4,6,9,15H,3,5H2,1H3,(H2,14,16)(H,17,18)/t9-/m0/s1. The maximum absolute atomic E-state index is 12.1. The zero-order valence-corrected chi connectivity index (χ0v) is 12.7. The van der Waals surface area contributed by atoms with Gasteiger partial charge in [0.2, 0.25) is 15.9 Å². The van der Waals surface area contributed by atoms with E-state index in [1.807, 2.05) is 4.72 Å². The van der Waals surface area contributed by atoms with Gasteiger partial charge in [-0.15, -0.1) is 0 Å². The van der Waals surface area contributed by atoms with Crippen molar-refractivity contribution in [2.75, 3.05) is 0 Å². The topological polar surface area (TPSA) is 127 Å². The highest BCUT2D eigenvalue weighted by molar-refractivity contribution is 7.89. The first kappa shape index (κ1) is 17.4. The minimum absolute atomic E-state index is 0.0125. The third-order valence-corrected chi connectivity index (χ3v) is 4.61. The van der Waals surface area contributed by atoms with Crippen LogP contribution in [0, 0.1) is 6.92 Å². The fraction of sp³-hybridized carbons (Fsp3) is 0.333. The van der Waals surface area contributed by atoms with Crippen LogP contribution < -0.4 is 10.5 Å². The molecular weight excluding hydrogens is 320 g/mol. The maximum atomic E-state index is 12.1. The molecule has 0 saturated heterocycles. The summed E-state index contributed by atoms with van der Waals surface area (Å²) >= 11 is 5.86. The van der Waals surface area contributed by atoms with Crippen LogP contribution in [0.15, 0.2) is 23.1 Å². The average molecular weight is 335 g/mol. The fourth-order valence-electron chi connectivity index (χ4n) is 1.59. The summed E-state index contributed by atoms with van der Waals surface area (Å²) < 4.78 is 26.3. The number of sulfonamides is 1. The highest BCUT2D eigenvalue weighted by Gasteiger charge is 2.27. The van der Waals surface area contributed by atoms with Crippen molar-refractivity contribution in [3.05, 3.63) is 28.8 Å². The molecule has 21 heavy (non-hydrogen) atoms. The van der Waals surface area contributed by atoms with Crippen LogP contribution in [-0.2, 0) is 19.6 Å². The van der Waals surface area contributed by atoms with E-state index in [9.17, 15) is 18.0 Å². The SMILES string of the molecule is Cc1ccc(S(=O)(=O)N[C@@H](CCC(N)=O)C(=O)O)c(Cl)c1. The first-order valence-corrected chi connectivity index (χ1v) is 7.79. The van der Waals surface area contributed by atoms with Gasteiger partial charge >= 0.3 is 5.97 Å². The Morgan fingerprint density at radius 1 is 1.43 bits per heavy atom. The summed E-state index contributed by atoms with van der Waals surface area (Å²) in [5.41, 5.74) is 5.69. The Labute approximate surface area is 127 Å². The molecule has 0 bridgehead atoms. The summed E-state index contributed by atoms with van der Waals surface area (Å²) in [7, 11) is -4.11. The number of carbonyl (C=O) groups is 2. The number of aryl methyl sites for hydroxylation is 1.